The van der Waals surface area contributed by atoms with Gasteiger partial charge in [0.1, 0.15) is 17.4 Å². The second kappa shape index (κ2) is 8.60. The van der Waals surface area contributed by atoms with Crippen molar-refractivity contribution in [3.63, 3.8) is 0 Å². The van der Waals surface area contributed by atoms with E-state index in [0.717, 1.165) is 5.56 Å². The number of nitriles is 1. The SMILES string of the molecule is CN(Cc1ccccc1)C(=O)C(C#N)=Cc1ccc(OC(F)F)cc1. The van der Waals surface area contributed by atoms with Gasteiger partial charge in [0.05, 0.1) is 0 Å². The number of hydrogen-bond acceptors (Lipinski definition) is 3. The molecule has 0 aliphatic heterocycles. The van der Waals surface area contributed by atoms with Gasteiger partial charge in [-0.2, -0.15) is 14.0 Å². The summed E-state index contributed by atoms with van der Waals surface area (Å²) in [6.45, 7) is -2.52. The highest BCUT2D eigenvalue weighted by molar-refractivity contribution is 6.01. The van der Waals surface area contributed by atoms with Crippen molar-refractivity contribution in [1.82, 2.24) is 4.90 Å². The molecule has 0 fully saturated rings. The normalized spacial score (nSPS) is 11.1. The van der Waals surface area contributed by atoms with Crippen LogP contribution >= 0.6 is 0 Å². The van der Waals surface area contributed by atoms with Gasteiger partial charge in [0.2, 0.25) is 0 Å². The molecule has 2 aromatic rings. The molecular weight excluding hydrogens is 326 g/mol. The van der Waals surface area contributed by atoms with Gasteiger partial charge >= 0.3 is 6.61 Å². The lowest BCUT2D eigenvalue weighted by atomic mass is 10.1. The topological polar surface area (TPSA) is 53.3 Å². The maximum Gasteiger partial charge on any atom is 0.387 e. The van der Waals surface area contributed by atoms with E-state index < -0.39 is 12.5 Å². The Morgan fingerprint density at radius 1 is 1.20 bits per heavy atom. The number of hydrogen-bond donors (Lipinski definition) is 0. The molecule has 0 saturated heterocycles. The third-order valence-electron chi connectivity index (χ3n) is 3.38. The van der Waals surface area contributed by atoms with Gasteiger partial charge in [-0.1, -0.05) is 42.5 Å². The summed E-state index contributed by atoms with van der Waals surface area (Å²) in [6.07, 6.45) is 1.41. The van der Waals surface area contributed by atoms with Crippen molar-refractivity contribution >= 4 is 12.0 Å². The van der Waals surface area contributed by atoms with Crippen LogP contribution in [0.1, 0.15) is 11.1 Å². The van der Waals surface area contributed by atoms with Crippen LogP contribution in [0.4, 0.5) is 8.78 Å². The lowest BCUT2D eigenvalue weighted by molar-refractivity contribution is -0.125. The van der Waals surface area contributed by atoms with Crippen LogP contribution in [0.5, 0.6) is 5.75 Å². The van der Waals surface area contributed by atoms with E-state index in [1.807, 2.05) is 36.4 Å². The van der Waals surface area contributed by atoms with E-state index in [0.29, 0.717) is 12.1 Å². The van der Waals surface area contributed by atoms with Crippen LogP contribution in [0.15, 0.2) is 60.2 Å². The molecule has 0 unspecified atom stereocenters. The summed E-state index contributed by atoms with van der Waals surface area (Å²) in [5, 5.41) is 9.26. The lowest BCUT2D eigenvalue weighted by Gasteiger charge is -2.16. The van der Waals surface area contributed by atoms with Crippen molar-refractivity contribution in [3.8, 4) is 11.8 Å². The summed E-state index contributed by atoms with van der Waals surface area (Å²) < 4.78 is 28.5. The fraction of sp³-hybridized carbons (Fsp3) is 0.158. The molecule has 2 aromatic carbocycles. The summed E-state index contributed by atoms with van der Waals surface area (Å²) in [7, 11) is 1.61. The maximum absolute atomic E-state index is 12.4. The van der Waals surface area contributed by atoms with Crippen LogP contribution in [0.2, 0.25) is 0 Å². The molecule has 0 heterocycles. The first-order valence-corrected chi connectivity index (χ1v) is 7.45. The number of halogens is 2. The van der Waals surface area contributed by atoms with Crippen LogP contribution in [0.3, 0.4) is 0 Å². The zero-order valence-electron chi connectivity index (χ0n) is 13.5. The number of alkyl halides is 2. The third kappa shape index (κ3) is 5.43. The number of amides is 1. The lowest BCUT2D eigenvalue weighted by Crippen LogP contribution is -2.27. The Bertz CT molecular complexity index is 781. The van der Waals surface area contributed by atoms with E-state index in [-0.39, 0.29) is 11.3 Å². The quantitative estimate of drug-likeness (QED) is 0.592. The van der Waals surface area contributed by atoms with Crippen LogP contribution in [0, 0.1) is 11.3 Å². The summed E-state index contributed by atoms with van der Waals surface area (Å²) >= 11 is 0. The van der Waals surface area contributed by atoms with Gasteiger partial charge in [-0.3, -0.25) is 4.79 Å². The first-order chi connectivity index (χ1) is 12.0. The molecule has 2 rings (SSSR count). The Labute approximate surface area is 144 Å². The Kier molecular flexibility index (Phi) is 6.24. The van der Waals surface area contributed by atoms with Gasteiger partial charge < -0.3 is 9.64 Å². The number of ether oxygens (including phenoxy) is 1. The number of carbonyl (C=O) groups excluding carboxylic acids is 1. The monoisotopic (exact) mass is 342 g/mol. The number of rotatable bonds is 6. The molecule has 0 aliphatic rings. The van der Waals surface area contributed by atoms with Gasteiger partial charge in [-0.05, 0) is 29.3 Å². The molecule has 0 radical (unpaired) electrons. The van der Waals surface area contributed by atoms with Crippen LogP contribution in [0.25, 0.3) is 6.08 Å². The number of nitrogens with zero attached hydrogens (tertiary/aromatic N) is 2. The molecule has 0 bridgehead atoms. The van der Waals surface area contributed by atoms with Crippen LogP contribution in [-0.4, -0.2) is 24.5 Å². The zero-order valence-corrected chi connectivity index (χ0v) is 13.5. The maximum atomic E-state index is 12.4. The van der Waals surface area contributed by atoms with Gasteiger partial charge in [0.15, 0.2) is 0 Å². The fourth-order valence-corrected chi connectivity index (χ4v) is 2.19. The Balaban J connectivity index is 2.10. The molecule has 4 nitrogen and oxygen atoms in total. The highest BCUT2D eigenvalue weighted by Gasteiger charge is 2.15. The van der Waals surface area contributed by atoms with E-state index in [1.165, 1.54) is 35.2 Å². The van der Waals surface area contributed by atoms with E-state index in [9.17, 15) is 18.8 Å². The van der Waals surface area contributed by atoms with Crippen molar-refractivity contribution in [1.29, 1.82) is 5.26 Å². The minimum atomic E-state index is -2.90. The van der Waals surface area contributed by atoms with Crippen LogP contribution < -0.4 is 4.74 Å². The predicted molar refractivity (Wildman–Crippen MR) is 89.6 cm³/mol. The van der Waals surface area contributed by atoms with Gasteiger partial charge in [0, 0.05) is 13.6 Å². The van der Waals surface area contributed by atoms with Crippen molar-refractivity contribution in [3.05, 3.63) is 71.3 Å². The zero-order chi connectivity index (χ0) is 18.2. The number of likely N-dealkylation sites (N-methyl/N-ethyl adjacent to an activating group) is 1. The number of benzene rings is 2. The highest BCUT2D eigenvalue weighted by atomic mass is 19.3. The molecule has 0 aliphatic carbocycles. The average Bonchev–Trinajstić information content (AvgIpc) is 2.61. The van der Waals surface area contributed by atoms with Crippen LogP contribution in [-0.2, 0) is 11.3 Å². The number of carbonyl (C=O) groups is 1. The third-order valence-corrected chi connectivity index (χ3v) is 3.38. The summed E-state index contributed by atoms with van der Waals surface area (Å²) in [5.41, 5.74) is 1.45. The van der Waals surface area contributed by atoms with Crippen molar-refractivity contribution < 1.29 is 18.3 Å². The summed E-state index contributed by atoms with van der Waals surface area (Å²) in [6, 6.07) is 17.0. The highest BCUT2D eigenvalue weighted by Crippen LogP contribution is 2.17. The first kappa shape index (κ1) is 18.1. The van der Waals surface area contributed by atoms with Gasteiger partial charge in [-0.15, -0.1) is 0 Å². The van der Waals surface area contributed by atoms with E-state index in [2.05, 4.69) is 4.74 Å². The molecule has 0 saturated carbocycles. The minimum absolute atomic E-state index is 0.0122. The molecule has 1 amide bonds. The van der Waals surface area contributed by atoms with Gasteiger partial charge in [0.25, 0.3) is 5.91 Å². The average molecular weight is 342 g/mol. The summed E-state index contributed by atoms with van der Waals surface area (Å²) in [4.78, 5) is 13.8. The van der Waals surface area contributed by atoms with Crippen molar-refractivity contribution in [2.24, 2.45) is 0 Å². The van der Waals surface area contributed by atoms with E-state index >= 15 is 0 Å². The molecule has 0 aromatic heterocycles. The molecule has 0 atom stereocenters. The first-order valence-electron chi connectivity index (χ1n) is 7.45. The molecule has 0 N–H and O–H groups in total. The molecule has 128 valence electrons. The second-order valence-electron chi connectivity index (χ2n) is 5.26. The standard InChI is InChI=1S/C19H16F2N2O2/c1-23(13-15-5-3-2-4-6-15)18(24)16(12-22)11-14-7-9-17(10-8-14)25-19(20)21/h2-11,19H,13H2,1H3. The second-order valence-corrected chi connectivity index (χ2v) is 5.26. The Morgan fingerprint density at radius 2 is 1.84 bits per heavy atom. The minimum Gasteiger partial charge on any atom is -0.435 e. The molecular formula is C19H16F2N2O2. The fourth-order valence-electron chi connectivity index (χ4n) is 2.19. The Morgan fingerprint density at radius 3 is 2.40 bits per heavy atom. The van der Waals surface area contributed by atoms with E-state index in [1.54, 1.807) is 7.05 Å². The molecule has 25 heavy (non-hydrogen) atoms. The molecule has 0 spiro atoms. The smallest absolute Gasteiger partial charge is 0.387 e. The Hall–Kier alpha value is -3.20. The van der Waals surface area contributed by atoms with E-state index in [4.69, 9.17) is 0 Å². The van der Waals surface area contributed by atoms with Crippen molar-refractivity contribution in [2.45, 2.75) is 13.2 Å². The molecule has 6 heteroatoms. The predicted octanol–water partition coefficient (Wildman–Crippen LogP) is 3.85. The van der Waals surface area contributed by atoms with Crippen molar-refractivity contribution in [2.75, 3.05) is 7.05 Å². The summed E-state index contributed by atoms with van der Waals surface area (Å²) in [5.74, 6) is -0.405. The largest absolute Gasteiger partial charge is 0.435 e. The van der Waals surface area contributed by atoms with Gasteiger partial charge in [-0.25, -0.2) is 0 Å².